The third-order valence-corrected chi connectivity index (χ3v) is 3.85. The Balaban J connectivity index is 2.33. The number of carbonyl (C=O) groups is 1. The molecule has 2 rings (SSSR count). The van der Waals surface area contributed by atoms with Crippen LogP contribution in [0.1, 0.15) is 35.3 Å². The monoisotopic (exact) mass is 292 g/mol. The molecule has 1 unspecified atom stereocenters. The van der Waals surface area contributed by atoms with Crippen molar-refractivity contribution in [2.75, 3.05) is 6.61 Å². The highest BCUT2D eigenvalue weighted by Gasteiger charge is 2.14. The van der Waals surface area contributed by atoms with Gasteiger partial charge in [0.05, 0.1) is 11.3 Å². The molecule has 0 saturated carbocycles. The lowest BCUT2D eigenvalue weighted by atomic mass is 10.1. The average molecular weight is 292 g/mol. The van der Waals surface area contributed by atoms with Crippen LogP contribution >= 0.6 is 11.3 Å². The smallest absolute Gasteiger partial charge is 0.252 e. The van der Waals surface area contributed by atoms with Crippen LogP contribution in [0, 0.1) is 0 Å². The van der Waals surface area contributed by atoms with Gasteiger partial charge in [0.1, 0.15) is 16.9 Å². The number of nitrogens with two attached hydrogens (primary N) is 1. The number of rotatable bonds is 5. The molecule has 1 amide bonds. The molecule has 0 aliphatic carbocycles. The molecule has 6 heteroatoms. The van der Waals surface area contributed by atoms with Crippen molar-refractivity contribution in [3.05, 3.63) is 34.2 Å². The number of nitrogens with zero attached hydrogens (tertiary/aromatic N) is 1. The van der Waals surface area contributed by atoms with Crippen LogP contribution in [0.3, 0.4) is 0 Å². The first kappa shape index (κ1) is 14.5. The van der Waals surface area contributed by atoms with Gasteiger partial charge in [-0.05, 0) is 32.0 Å². The summed E-state index contributed by atoms with van der Waals surface area (Å²) in [5.74, 6) is -0.790. The second-order valence-electron chi connectivity index (χ2n) is 4.26. The van der Waals surface area contributed by atoms with E-state index in [1.807, 2.05) is 19.2 Å². The molecule has 1 aromatic heterocycles. The number of thiazole rings is 1. The van der Waals surface area contributed by atoms with E-state index in [0.29, 0.717) is 6.61 Å². The molecule has 0 spiro atoms. The van der Waals surface area contributed by atoms with E-state index in [0.717, 1.165) is 16.3 Å². The van der Waals surface area contributed by atoms with Crippen LogP contribution in [0.15, 0.2) is 23.6 Å². The van der Waals surface area contributed by atoms with Gasteiger partial charge in [0.15, 0.2) is 0 Å². The Labute approximate surface area is 121 Å². The van der Waals surface area contributed by atoms with Crippen LogP contribution in [0.25, 0.3) is 11.3 Å². The maximum Gasteiger partial charge on any atom is 0.252 e. The molecule has 0 saturated heterocycles. The number of amides is 1. The molecule has 106 valence electrons. The predicted molar refractivity (Wildman–Crippen MR) is 77.8 cm³/mol. The number of primary amides is 1. The molecular formula is C14H16N2O3S. The lowest BCUT2D eigenvalue weighted by Gasteiger charge is -2.07. The lowest BCUT2D eigenvalue weighted by Crippen LogP contribution is -2.11. The largest absolute Gasteiger partial charge is 0.507 e. The van der Waals surface area contributed by atoms with Gasteiger partial charge in [-0.2, -0.15) is 0 Å². The van der Waals surface area contributed by atoms with Gasteiger partial charge in [0.2, 0.25) is 0 Å². The molecular weight excluding hydrogens is 276 g/mol. The summed E-state index contributed by atoms with van der Waals surface area (Å²) in [4.78, 5) is 15.7. The average Bonchev–Trinajstić information content (AvgIpc) is 2.89. The number of phenols is 1. The second-order valence-corrected chi connectivity index (χ2v) is 5.15. The van der Waals surface area contributed by atoms with Gasteiger partial charge < -0.3 is 15.6 Å². The fourth-order valence-electron chi connectivity index (χ4n) is 1.82. The summed E-state index contributed by atoms with van der Waals surface area (Å²) in [7, 11) is 0. The third-order valence-electron chi connectivity index (χ3n) is 2.84. The minimum atomic E-state index is -0.664. The molecule has 1 atom stereocenters. The zero-order valence-corrected chi connectivity index (χ0v) is 12.1. The molecule has 2 aromatic rings. The first-order chi connectivity index (χ1) is 9.52. The van der Waals surface area contributed by atoms with Crippen molar-refractivity contribution in [3.63, 3.8) is 0 Å². The van der Waals surface area contributed by atoms with E-state index in [2.05, 4.69) is 4.98 Å². The van der Waals surface area contributed by atoms with Crippen molar-refractivity contribution in [1.82, 2.24) is 4.98 Å². The standard InChI is InChI=1S/C14H16N2O3S/c1-3-19-8(2)14-16-11(7-20-14)9-4-5-12(17)10(6-9)13(15)18/h4-8,17H,3H2,1-2H3,(H2,15,18). The molecule has 1 aromatic carbocycles. The van der Waals surface area contributed by atoms with E-state index in [1.54, 1.807) is 12.1 Å². The van der Waals surface area contributed by atoms with Crippen LogP contribution in [-0.4, -0.2) is 22.6 Å². The fourth-order valence-corrected chi connectivity index (χ4v) is 2.65. The van der Waals surface area contributed by atoms with Gasteiger partial charge in [-0.1, -0.05) is 0 Å². The van der Waals surface area contributed by atoms with Crippen molar-refractivity contribution in [1.29, 1.82) is 0 Å². The first-order valence-electron chi connectivity index (χ1n) is 6.23. The number of hydrogen-bond donors (Lipinski definition) is 2. The zero-order valence-electron chi connectivity index (χ0n) is 11.3. The van der Waals surface area contributed by atoms with E-state index in [-0.39, 0.29) is 17.4 Å². The number of benzene rings is 1. The van der Waals surface area contributed by atoms with Crippen LogP contribution in [-0.2, 0) is 4.74 Å². The Bertz CT molecular complexity index is 625. The topological polar surface area (TPSA) is 85.4 Å². The van der Waals surface area contributed by atoms with Crippen molar-refractivity contribution in [2.24, 2.45) is 5.73 Å². The van der Waals surface area contributed by atoms with Crippen LogP contribution < -0.4 is 5.73 Å². The summed E-state index contributed by atoms with van der Waals surface area (Å²) < 4.78 is 5.49. The fraction of sp³-hybridized carbons (Fsp3) is 0.286. The molecule has 0 fully saturated rings. The number of carbonyl (C=O) groups excluding carboxylic acids is 1. The van der Waals surface area contributed by atoms with Gasteiger partial charge >= 0.3 is 0 Å². The third kappa shape index (κ3) is 2.97. The van der Waals surface area contributed by atoms with Gasteiger partial charge in [0.25, 0.3) is 5.91 Å². The lowest BCUT2D eigenvalue weighted by molar-refractivity contribution is 0.0762. The Morgan fingerprint density at radius 1 is 1.55 bits per heavy atom. The second kappa shape index (κ2) is 6.02. The van der Waals surface area contributed by atoms with Gasteiger partial charge in [-0.15, -0.1) is 11.3 Å². The van der Waals surface area contributed by atoms with Crippen LogP contribution in [0.2, 0.25) is 0 Å². The summed E-state index contributed by atoms with van der Waals surface area (Å²) in [5.41, 5.74) is 6.78. The maximum atomic E-state index is 11.2. The number of hydrogen-bond acceptors (Lipinski definition) is 5. The highest BCUT2D eigenvalue weighted by Crippen LogP contribution is 2.29. The quantitative estimate of drug-likeness (QED) is 0.887. The van der Waals surface area contributed by atoms with E-state index >= 15 is 0 Å². The molecule has 0 radical (unpaired) electrons. The summed E-state index contributed by atoms with van der Waals surface area (Å²) >= 11 is 1.50. The SMILES string of the molecule is CCOC(C)c1nc(-c2ccc(O)c(C(N)=O)c2)cs1. The molecule has 1 heterocycles. The Kier molecular flexibility index (Phi) is 4.36. The summed E-state index contributed by atoms with van der Waals surface area (Å²) in [6.45, 7) is 4.50. The van der Waals surface area contributed by atoms with E-state index < -0.39 is 5.91 Å². The summed E-state index contributed by atoms with van der Waals surface area (Å²) in [6.07, 6.45) is -0.0634. The predicted octanol–water partition coefficient (Wildman–Crippen LogP) is 2.71. The van der Waals surface area contributed by atoms with Gasteiger partial charge in [0, 0.05) is 17.6 Å². The van der Waals surface area contributed by atoms with Crippen molar-refractivity contribution < 1.29 is 14.6 Å². The van der Waals surface area contributed by atoms with E-state index in [4.69, 9.17) is 10.5 Å². The van der Waals surface area contributed by atoms with Crippen molar-refractivity contribution in [3.8, 4) is 17.0 Å². The van der Waals surface area contributed by atoms with Gasteiger partial charge in [-0.3, -0.25) is 4.79 Å². The summed E-state index contributed by atoms with van der Waals surface area (Å²) in [5, 5.41) is 12.3. The molecule has 5 nitrogen and oxygen atoms in total. The van der Waals surface area contributed by atoms with E-state index in [1.165, 1.54) is 17.4 Å². The Hall–Kier alpha value is -1.92. The first-order valence-corrected chi connectivity index (χ1v) is 7.11. The Morgan fingerprint density at radius 2 is 2.30 bits per heavy atom. The highest BCUT2D eigenvalue weighted by atomic mass is 32.1. The number of ether oxygens (including phenoxy) is 1. The molecule has 0 aliphatic heterocycles. The minimum Gasteiger partial charge on any atom is -0.507 e. The normalized spacial score (nSPS) is 12.3. The highest BCUT2D eigenvalue weighted by molar-refractivity contribution is 7.10. The number of aromatic nitrogens is 1. The van der Waals surface area contributed by atoms with Crippen molar-refractivity contribution >= 4 is 17.2 Å². The zero-order chi connectivity index (χ0) is 14.7. The van der Waals surface area contributed by atoms with Crippen molar-refractivity contribution in [2.45, 2.75) is 20.0 Å². The summed E-state index contributed by atoms with van der Waals surface area (Å²) in [6, 6.07) is 4.69. The molecule has 0 bridgehead atoms. The Morgan fingerprint density at radius 3 is 2.95 bits per heavy atom. The maximum absolute atomic E-state index is 11.2. The van der Waals surface area contributed by atoms with Crippen LogP contribution in [0.4, 0.5) is 0 Å². The molecule has 20 heavy (non-hydrogen) atoms. The minimum absolute atomic E-state index is 0.0634. The molecule has 0 aliphatic rings. The van der Waals surface area contributed by atoms with E-state index in [9.17, 15) is 9.90 Å². The molecule has 3 N–H and O–H groups in total. The van der Waals surface area contributed by atoms with Gasteiger partial charge in [-0.25, -0.2) is 4.98 Å². The van der Waals surface area contributed by atoms with Crippen LogP contribution in [0.5, 0.6) is 5.75 Å². The number of aromatic hydroxyl groups is 1.